The third-order valence-electron chi connectivity index (χ3n) is 18.0. The summed E-state index contributed by atoms with van der Waals surface area (Å²) in [5, 5.41) is 0. The Hall–Kier alpha value is -5.80. The van der Waals surface area contributed by atoms with E-state index in [0.717, 1.165) is 0 Å². The Balaban J connectivity index is 1.08. The zero-order chi connectivity index (χ0) is 42.9. The number of benzene rings is 5. The third-order valence-corrected chi connectivity index (χ3v) is 18.0. The lowest BCUT2D eigenvalue weighted by atomic mass is 9.10. The lowest BCUT2D eigenvalue weighted by Crippen LogP contribution is -2.63. The van der Waals surface area contributed by atoms with Gasteiger partial charge in [0.15, 0.2) is 6.71 Å². The van der Waals surface area contributed by atoms with Gasteiger partial charge in [0.25, 0.3) is 0 Å². The van der Waals surface area contributed by atoms with Crippen molar-refractivity contribution in [3.05, 3.63) is 220 Å². The maximum Gasteiger partial charge on any atom is 0.165 e. The first-order chi connectivity index (χ1) is 30.4. The van der Waals surface area contributed by atoms with E-state index in [9.17, 15) is 0 Å². The van der Waals surface area contributed by atoms with Gasteiger partial charge in [-0.15, -0.1) is 0 Å². The molecule has 0 aromatic heterocycles. The van der Waals surface area contributed by atoms with E-state index in [2.05, 4.69) is 229 Å². The number of hydrogen-bond acceptors (Lipinski definition) is 2. The van der Waals surface area contributed by atoms with Gasteiger partial charge in [-0.05, 0) is 125 Å². The van der Waals surface area contributed by atoms with Crippen molar-refractivity contribution in [1.29, 1.82) is 0 Å². The van der Waals surface area contributed by atoms with Crippen molar-refractivity contribution in [1.82, 2.24) is 0 Å². The molecule has 0 amide bonds. The highest BCUT2D eigenvalue weighted by Crippen LogP contribution is 2.77. The molecule has 5 aromatic carbocycles. The normalized spacial score (nSPS) is 28.3. The summed E-state index contributed by atoms with van der Waals surface area (Å²) < 4.78 is 0. The van der Waals surface area contributed by atoms with Crippen LogP contribution in [0.3, 0.4) is 0 Å². The summed E-state index contributed by atoms with van der Waals surface area (Å²) in [6.07, 6.45) is 20.6. The Morgan fingerprint density at radius 1 is 0.492 bits per heavy atom. The maximum absolute atomic E-state index is 2.78. The summed E-state index contributed by atoms with van der Waals surface area (Å²) in [6.45, 7) is 20.6. The fourth-order valence-corrected chi connectivity index (χ4v) is 15.4. The molecule has 0 bridgehead atoms. The molecule has 1 spiro atoms. The van der Waals surface area contributed by atoms with Crippen LogP contribution in [-0.4, -0.2) is 6.71 Å². The van der Waals surface area contributed by atoms with Crippen LogP contribution in [0.15, 0.2) is 186 Å². The second kappa shape index (κ2) is 12.5. The van der Waals surface area contributed by atoms with Crippen LogP contribution >= 0.6 is 0 Å². The van der Waals surface area contributed by atoms with Crippen molar-refractivity contribution >= 4 is 35.1 Å². The smallest absolute Gasteiger partial charge is 0.165 e. The van der Waals surface area contributed by atoms with Gasteiger partial charge in [-0.2, -0.15) is 0 Å². The number of para-hydroxylation sites is 3. The van der Waals surface area contributed by atoms with Gasteiger partial charge in [0.05, 0.1) is 28.2 Å². The molecule has 3 fully saturated rings. The van der Waals surface area contributed by atoms with Crippen LogP contribution in [0.25, 0.3) is 0 Å². The van der Waals surface area contributed by atoms with Crippen molar-refractivity contribution < 1.29 is 0 Å². The van der Waals surface area contributed by atoms with E-state index in [0.29, 0.717) is 41.9 Å². The molecule has 6 atom stereocenters. The maximum atomic E-state index is 2.78. The van der Waals surface area contributed by atoms with Gasteiger partial charge in [0.1, 0.15) is 0 Å². The number of anilines is 5. The Bertz CT molecular complexity index is 2900. The number of fused-ring (bicyclic) bond motifs is 8. The van der Waals surface area contributed by atoms with Crippen molar-refractivity contribution in [3.63, 3.8) is 0 Å². The van der Waals surface area contributed by atoms with Crippen LogP contribution in [0.1, 0.15) is 74.9 Å². The van der Waals surface area contributed by atoms with Crippen molar-refractivity contribution in [2.45, 2.75) is 78.3 Å². The molecule has 0 radical (unpaired) electrons. The third kappa shape index (κ3) is 4.56. The van der Waals surface area contributed by atoms with Crippen LogP contribution in [0.5, 0.6) is 0 Å². The quantitative estimate of drug-likeness (QED) is 0.161. The van der Waals surface area contributed by atoms with Gasteiger partial charge in [0, 0.05) is 16.8 Å². The van der Waals surface area contributed by atoms with E-state index in [1.54, 1.807) is 16.7 Å². The Kier molecular flexibility index (Phi) is 7.47. The average Bonchev–Trinajstić information content (AvgIpc) is 3.28. The van der Waals surface area contributed by atoms with E-state index in [1.807, 2.05) is 0 Å². The molecule has 310 valence electrons. The minimum Gasteiger partial charge on any atom is -0.310 e. The highest BCUT2D eigenvalue weighted by atomic mass is 15.2. The van der Waals surface area contributed by atoms with Crippen molar-refractivity contribution in [2.24, 2.45) is 34.0 Å². The Morgan fingerprint density at radius 3 is 1.60 bits per heavy atom. The number of allylic oxidation sites excluding steroid dienone is 11. The standard InChI is InChI=1S/C60H57BN2/c1-36-28-30-52-46(32-36)60(40-20-12-14-26-50(40)62(38-18-10-9-11-19-38)51-27-15-13-21-41(51)60)47-33-37(2)29-31-53(47)63(52)39-34-48-56-49(35-39)59(7,8)45-25-17-23-43-55(45)61(56)54-42(57(43,3)4)22-16-24-44(54)58(48,5)6/h9-35,44-45,48,54-56H,1-8H3. The van der Waals surface area contributed by atoms with E-state index in [-0.39, 0.29) is 16.2 Å². The first-order valence-electron chi connectivity index (χ1n) is 23.6. The number of aryl methyl sites for hydroxylation is 2. The molecule has 3 saturated heterocycles. The minimum atomic E-state index is -0.558. The fraction of sp³-hybridized carbons (Fsp3) is 0.300. The summed E-state index contributed by atoms with van der Waals surface area (Å²) in [5.74, 6) is 2.90. The van der Waals surface area contributed by atoms with Crippen LogP contribution in [-0.2, 0) is 5.41 Å². The van der Waals surface area contributed by atoms with Gasteiger partial charge in [0.2, 0.25) is 0 Å². The van der Waals surface area contributed by atoms with Crippen LogP contribution in [0.2, 0.25) is 17.5 Å². The highest BCUT2D eigenvalue weighted by Gasteiger charge is 2.69. The largest absolute Gasteiger partial charge is 0.310 e. The van der Waals surface area contributed by atoms with Crippen molar-refractivity contribution in [3.8, 4) is 0 Å². The Labute approximate surface area is 375 Å². The number of nitrogens with zero attached hydrogens (tertiary/aromatic N) is 2. The summed E-state index contributed by atoms with van der Waals surface area (Å²) >= 11 is 0. The molecule has 13 rings (SSSR count). The molecule has 5 heterocycles. The summed E-state index contributed by atoms with van der Waals surface area (Å²) in [7, 11) is 0. The van der Waals surface area contributed by atoms with E-state index >= 15 is 0 Å². The molecule has 0 saturated carbocycles. The van der Waals surface area contributed by atoms with Crippen LogP contribution < -0.4 is 9.80 Å². The van der Waals surface area contributed by atoms with E-state index in [4.69, 9.17) is 0 Å². The second-order valence-corrected chi connectivity index (χ2v) is 21.9. The zero-order valence-electron chi connectivity index (χ0n) is 38.0. The van der Waals surface area contributed by atoms with Crippen LogP contribution in [0.4, 0.5) is 28.4 Å². The number of hydrogen-bond donors (Lipinski definition) is 0. The topological polar surface area (TPSA) is 6.48 Å². The van der Waals surface area contributed by atoms with E-state index in [1.165, 1.54) is 67.5 Å². The molecular formula is C60H57BN2. The molecular weight excluding hydrogens is 759 g/mol. The van der Waals surface area contributed by atoms with Gasteiger partial charge in [-0.25, -0.2) is 0 Å². The minimum absolute atomic E-state index is 0.0182. The van der Waals surface area contributed by atoms with Gasteiger partial charge in [-0.1, -0.05) is 191 Å². The fourth-order valence-electron chi connectivity index (χ4n) is 15.4. The second-order valence-electron chi connectivity index (χ2n) is 21.9. The number of rotatable bonds is 2. The summed E-state index contributed by atoms with van der Waals surface area (Å²) in [5.41, 5.74) is 20.0. The molecule has 3 heteroatoms. The van der Waals surface area contributed by atoms with E-state index < -0.39 is 5.41 Å². The van der Waals surface area contributed by atoms with Gasteiger partial charge >= 0.3 is 0 Å². The predicted molar refractivity (Wildman–Crippen MR) is 264 cm³/mol. The molecule has 6 unspecified atom stereocenters. The van der Waals surface area contributed by atoms with Crippen LogP contribution in [0, 0.1) is 47.8 Å². The van der Waals surface area contributed by atoms with Gasteiger partial charge in [-0.3, -0.25) is 0 Å². The molecule has 0 N–H and O–H groups in total. The average molecular weight is 817 g/mol. The molecule has 5 aliphatic heterocycles. The lowest BCUT2D eigenvalue weighted by Gasteiger charge is -2.69. The predicted octanol–water partition coefficient (Wildman–Crippen LogP) is 15.3. The SMILES string of the molecule is Cc1ccc2c(c1)C1(c3cc(C)ccc3N2C2=CC3C4B5C6C(=CC=CC6C(C)(C)C4=C2)C(C)(C)C2=CC=CC(C52)C3(C)C)c2ccccc2N(c2ccccc2)c2ccccc21. The highest BCUT2D eigenvalue weighted by molar-refractivity contribution is 6.68. The molecule has 8 aliphatic rings. The molecule has 63 heavy (non-hydrogen) atoms. The van der Waals surface area contributed by atoms with Gasteiger partial charge < -0.3 is 9.80 Å². The molecule has 3 aliphatic carbocycles. The Morgan fingerprint density at radius 2 is 1.00 bits per heavy atom. The van der Waals surface area contributed by atoms with Crippen molar-refractivity contribution in [2.75, 3.05) is 9.80 Å². The zero-order valence-corrected chi connectivity index (χ0v) is 38.0. The first-order valence-corrected chi connectivity index (χ1v) is 23.6. The molecule has 5 aromatic rings. The summed E-state index contributed by atoms with van der Waals surface area (Å²) in [6, 6.07) is 44.0. The lowest BCUT2D eigenvalue weighted by molar-refractivity contribution is 0.118. The summed E-state index contributed by atoms with van der Waals surface area (Å²) in [4.78, 5) is 5.19. The monoisotopic (exact) mass is 816 g/mol. The molecule has 2 nitrogen and oxygen atoms in total. The first kappa shape index (κ1) is 37.7.